The SMILES string of the molecule is CC(CCOC(=O)c1ccc[nH]1)=C(F)F. The van der Waals surface area contributed by atoms with E-state index < -0.39 is 12.0 Å². The third-order valence-corrected chi connectivity index (χ3v) is 1.85. The van der Waals surface area contributed by atoms with Gasteiger partial charge in [0.2, 0.25) is 0 Å². The smallest absolute Gasteiger partial charge is 0.354 e. The van der Waals surface area contributed by atoms with Crippen LogP contribution in [0.1, 0.15) is 23.8 Å². The van der Waals surface area contributed by atoms with Crippen molar-refractivity contribution >= 4 is 5.97 Å². The van der Waals surface area contributed by atoms with E-state index in [9.17, 15) is 13.6 Å². The van der Waals surface area contributed by atoms with Crippen molar-refractivity contribution in [2.45, 2.75) is 13.3 Å². The van der Waals surface area contributed by atoms with Crippen molar-refractivity contribution in [3.8, 4) is 0 Å². The maximum absolute atomic E-state index is 12.0. The molecule has 0 bridgehead atoms. The van der Waals surface area contributed by atoms with Gasteiger partial charge in [-0.15, -0.1) is 0 Å². The number of hydrogen-bond donors (Lipinski definition) is 1. The van der Waals surface area contributed by atoms with Crippen LogP contribution < -0.4 is 0 Å². The van der Waals surface area contributed by atoms with Crippen molar-refractivity contribution in [2.24, 2.45) is 0 Å². The molecule has 0 radical (unpaired) electrons. The fourth-order valence-electron chi connectivity index (χ4n) is 0.926. The quantitative estimate of drug-likeness (QED) is 0.784. The van der Waals surface area contributed by atoms with E-state index in [0.717, 1.165) is 0 Å². The van der Waals surface area contributed by atoms with E-state index in [1.54, 1.807) is 18.3 Å². The Kier molecular flexibility index (Phi) is 4.03. The average molecular weight is 215 g/mol. The number of hydrogen-bond acceptors (Lipinski definition) is 2. The molecule has 3 nitrogen and oxygen atoms in total. The molecular weight excluding hydrogens is 204 g/mol. The van der Waals surface area contributed by atoms with Crippen LogP contribution in [-0.2, 0) is 4.74 Å². The van der Waals surface area contributed by atoms with Crippen molar-refractivity contribution in [3.63, 3.8) is 0 Å². The number of ether oxygens (including phenoxy) is 1. The minimum atomic E-state index is -1.72. The standard InChI is InChI=1S/C10H11F2NO2/c1-7(9(11)12)4-6-15-10(14)8-3-2-5-13-8/h2-3,5,13H,4,6H2,1H3. The lowest BCUT2D eigenvalue weighted by Crippen LogP contribution is -2.07. The topological polar surface area (TPSA) is 42.1 Å². The third kappa shape index (κ3) is 3.53. The Bertz CT molecular complexity index is 354. The predicted octanol–water partition coefficient (Wildman–Crippen LogP) is 2.73. The summed E-state index contributed by atoms with van der Waals surface area (Å²) in [4.78, 5) is 13.9. The second kappa shape index (κ2) is 5.29. The Hall–Kier alpha value is -1.65. The highest BCUT2D eigenvalue weighted by Gasteiger charge is 2.07. The van der Waals surface area contributed by atoms with Crippen molar-refractivity contribution in [1.82, 2.24) is 4.98 Å². The van der Waals surface area contributed by atoms with Gasteiger partial charge in [0.05, 0.1) is 6.61 Å². The molecule has 0 aromatic carbocycles. The van der Waals surface area contributed by atoms with Gasteiger partial charge in [-0.1, -0.05) is 0 Å². The van der Waals surface area contributed by atoms with E-state index in [1.165, 1.54) is 6.92 Å². The number of halogens is 2. The summed E-state index contributed by atoms with van der Waals surface area (Å²) in [6.45, 7) is 1.26. The maximum atomic E-state index is 12.0. The van der Waals surface area contributed by atoms with E-state index in [1.807, 2.05) is 0 Å². The number of rotatable bonds is 4. The summed E-state index contributed by atoms with van der Waals surface area (Å²) in [5.74, 6) is -0.535. The van der Waals surface area contributed by atoms with Gasteiger partial charge in [-0.25, -0.2) is 4.79 Å². The highest BCUT2D eigenvalue weighted by molar-refractivity contribution is 5.87. The number of carbonyl (C=O) groups excluding carboxylic acids is 1. The highest BCUT2D eigenvalue weighted by Crippen LogP contribution is 2.10. The van der Waals surface area contributed by atoms with Crippen LogP contribution in [0.2, 0.25) is 0 Å². The van der Waals surface area contributed by atoms with Gasteiger partial charge < -0.3 is 9.72 Å². The second-order valence-corrected chi connectivity index (χ2v) is 3.01. The molecule has 0 aliphatic carbocycles. The fraction of sp³-hybridized carbons (Fsp3) is 0.300. The van der Waals surface area contributed by atoms with Crippen LogP contribution in [0.15, 0.2) is 30.0 Å². The first-order valence-electron chi connectivity index (χ1n) is 4.42. The average Bonchev–Trinajstić information content (AvgIpc) is 2.70. The first-order valence-corrected chi connectivity index (χ1v) is 4.42. The monoisotopic (exact) mass is 215 g/mol. The molecule has 0 spiro atoms. The van der Waals surface area contributed by atoms with Gasteiger partial charge in [0.25, 0.3) is 6.08 Å². The van der Waals surface area contributed by atoms with E-state index in [0.29, 0.717) is 5.69 Å². The fourth-order valence-corrected chi connectivity index (χ4v) is 0.926. The molecule has 1 rings (SSSR count). The highest BCUT2D eigenvalue weighted by atomic mass is 19.3. The van der Waals surface area contributed by atoms with Crippen molar-refractivity contribution < 1.29 is 18.3 Å². The molecular formula is C10H11F2NO2. The van der Waals surface area contributed by atoms with Gasteiger partial charge in [-0.3, -0.25) is 0 Å². The molecule has 1 N–H and O–H groups in total. The summed E-state index contributed by atoms with van der Waals surface area (Å²) < 4.78 is 28.7. The summed E-state index contributed by atoms with van der Waals surface area (Å²) in [6.07, 6.45) is -0.0801. The van der Waals surface area contributed by atoms with E-state index in [4.69, 9.17) is 4.74 Å². The Labute approximate surface area is 85.7 Å². The van der Waals surface area contributed by atoms with Crippen LogP contribution >= 0.6 is 0 Å². The lowest BCUT2D eigenvalue weighted by atomic mass is 10.2. The van der Waals surface area contributed by atoms with Crippen molar-refractivity contribution in [1.29, 1.82) is 0 Å². The van der Waals surface area contributed by atoms with Gasteiger partial charge >= 0.3 is 5.97 Å². The van der Waals surface area contributed by atoms with Crippen LogP contribution in [0.4, 0.5) is 8.78 Å². The zero-order valence-corrected chi connectivity index (χ0v) is 8.22. The Morgan fingerprint density at radius 3 is 2.80 bits per heavy atom. The molecule has 0 atom stereocenters. The first-order chi connectivity index (χ1) is 7.11. The lowest BCUT2D eigenvalue weighted by molar-refractivity contribution is 0.0502. The number of esters is 1. The van der Waals surface area contributed by atoms with Crippen molar-refractivity contribution in [2.75, 3.05) is 6.61 Å². The van der Waals surface area contributed by atoms with Gasteiger partial charge in [0, 0.05) is 12.6 Å². The minimum absolute atomic E-state index is 0.0406. The number of H-pyrrole nitrogens is 1. The molecule has 0 aliphatic heterocycles. The molecule has 0 aliphatic rings. The van der Waals surface area contributed by atoms with Crippen molar-refractivity contribution in [3.05, 3.63) is 35.7 Å². The zero-order chi connectivity index (χ0) is 11.3. The summed E-state index contributed by atoms with van der Waals surface area (Å²) in [5, 5.41) is 0. The molecule has 1 heterocycles. The van der Waals surface area contributed by atoms with Crippen LogP contribution in [0, 0.1) is 0 Å². The summed E-state index contributed by atoms with van der Waals surface area (Å²) >= 11 is 0. The molecule has 0 saturated heterocycles. The Balaban J connectivity index is 2.33. The first kappa shape index (κ1) is 11.4. The maximum Gasteiger partial charge on any atom is 0.354 e. The van der Waals surface area contributed by atoms with E-state index in [2.05, 4.69) is 4.98 Å². The number of aromatic nitrogens is 1. The second-order valence-electron chi connectivity index (χ2n) is 3.01. The van der Waals surface area contributed by atoms with Crippen LogP contribution in [-0.4, -0.2) is 17.6 Å². The van der Waals surface area contributed by atoms with Crippen LogP contribution in [0.25, 0.3) is 0 Å². The van der Waals surface area contributed by atoms with Crippen LogP contribution in [0.5, 0.6) is 0 Å². The van der Waals surface area contributed by atoms with E-state index in [-0.39, 0.29) is 18.6 Å². The molecule has 82 valence electrons. The lowest BCUT2D eigenvalue weighted by Gasteiger charge is -2.02. The van der Waals surface area contributed by atoms with E-state index >= 15 is 0 Å². The summed E-state index contributed by atoms with van der Waals surface area (Å²) in [7, 11) is 0. The van der Waals surface area contributed by atoms with Gasteiger partial charge in [0.15, 0.2) is 0 Å². The predicted molar refractivity (Wildman–Crippen MR) is 50.6 cm³/mol. The van der Waals surface area contributed by atoms with Crippen LogP contribution in [0.3, 0.4) is 0 Å². The van der Waals surface area contributed by atoms with Gasteiger partial charge in [-0.2, -0.15) is 8.78 Å². The van der Waals surface area contributed by atoms with Gasteiger partial charge in [0.1, 0.15) is 5.69 Å². The zero-order valence-electron chi connectivity index (χ0n) is 8.22. The summed E-state index contributed by atoms with van der Waals surface area (Å²) in [5.41, 5.74) is 0.256. The molecule has 0 saturated carbocycles. The van der Waals surface area contributed by atoms with Gasteiger partial charge in [-0.05, 0) is 24.6 Å². The number of carbonyl (C=O) groups is 1. The number of aromatic amines is 1. The Morgan fingerprint density at radius 2 is 2.27 bits per heavy atom. The Morgan fingerprint density at radius 1 is 1.53 bits per heavy atom. The molecule has 1 aromatic heterocycles. The molecule has 1 aromatic rings. The normalized spacial score (nSPS) is 9.80. The minimum Gasteiger partial charge on any atom is -0.461 e. The molecule has 0 unspecified atom stereocenters. The molecule has 15 heavy (non-hydrogen) atoms. The molecule has 5 heteroatoms. The summed E-state index contributed by atoms with van der Waals surface area (Å²) in [6, 6.07) is 3.21. The molecule has 0 amide bonds. The number of nitrogens with one attached hydrogen (secondary N) is 1. The largest absolute Gasteiger partial charge is 0.461 e. The third-order valence-electron chi connectivity index (χ3n) is 1.85. The molecule has 0 fully saturated rings.